The number of para-hydroxylation sites is 2. The van der Waals surface area contributed by atoms with Crippen LogP contribution in [-0.4, -0.2) is 17.8 Å². The van der Waals surface area contributed by atoms with Gasteiger partial charge in [-0.3, -0.25) is 9.59 Å². The van der Waals surface area contributed by atoms with E-state index < -0.39 is 0 Å². The van der Waals surface area contributed by atoms with Gasteiger partial charge in [-0.2, -0.15) is 0 Å². The van der Waals surface area contributed by atoms with Crippen LogP contribution in [0, 0.1) is 6.92 Å². The second kappa shape index (κ2) is 6.93. The van der Waals surface area contributed by atoms with E-state index in [4.69, 9.17) is 4.74 Å². The van der Waals surface area contributed by atoms with Crippen LogP contribution < -0.4 is 9.64 Å². The number of carbonyl (C=O) groups excluding carboxylic acids is 2. The van der Waals surface area contributed by atoms with Crippen LogP contribution in [0.25, 0.3) is 6.08 Å². The number of thioether (sulfide) groups is 1. The normalized spacial score (nSPS) is 16.1. The van der Waals surface area contributed by atoms with Crippen molar-refractivity contribution in [3.63, 3.8) is 0 Å². The quantitative estimate of drug-likeness (QED) is 0.762. The summed E-state index contributed by atoms with van der Waals surface area (Å²) < 4.78 is 5.54. The van der Waals surface area contributed by atoms with Gasteiger partial charge in [0, 0.05) is 0 Å². The summed E-state index contributed by atoms with van der Waals surface area (Å²) in [6.45, 7) is 4.30. The minimum absolute atomic E-state index is 0.313. The zero-order valence-electron chi connectivity index (χ0n) is 13.5. The van der Waals surface area contributed by atoms with Crippen LogP contribution in [0.1, 0.15) is 18.1 Å². The van der Waals surface area contributed by atoms with E-state index in [2.05, 4.69) is 0 Å². The van der Waals surface area contributed by atoms with Gasteiger partial charge in [-0.1, -0.05) is 36.4 Å². The molecule has 0 radical (unpaired) electrons. The van der Waals surface area contributed by atoms with Crippen molar-refractivity contribution >= 4 is 34.7 Å². The summed E-state index contributed by atoms with van der Waals surface area (Å²) in [4.78, 5) is 26.7. The second-order valence-electron chi connectivity index (χ2n) is 5.27. The number of rotatable bonds is 4. The van der Waals surface area contributed by atoms with Gasteiger partial charge in [0.05, 0.1) is 17.2 Å². The Bertz CT molecular complexity index is 829. The molecule has 24 heavy (non-hydrogen) atoms. The summed E-state index contributed by atoms with van der Waals surface area (Å²) in [5.74, 6) is 0.208. The van der Waals surface area contributed by atoms with Gasteiger partial charge in [-0.15, -0.1) is 0 Å². The van der Waals surface area contributed by atoms with E-state index in [0.717, 1.165) is 22.9 Å². The molecule has 0 N–H and O–H groups in total. The Balaban J connectivity index is 1.97. The SMILES string of the molecule is CCOc1ccccc1N1C(=O)S/C(=C\c2ccccc2C)C1=O. The van der Waals surface area contributed by atoms with Crippen molar-refractivity contribution in [2.24, 2.45) is 0 Å². The van der Waals surface area contributed by atoms with Gasteiger partial charge in [0.1, 0.15) is 5.75 Å². The summed E-state index contributed by atoms with van der Waals surface area (Å²) >= 11 is 0.950. The van der Waals surface area contributed by atoms with Crippen molar-refractivity contribution in [3.05, 3.63) is 64.6 Å². The van der Waals surface area contributed by atoms with Crippen LogP contribution in [0.5, 0.6) is 5.75 Å². The van der Waals surface area contributed by atoms with Gasteiger partial charge in [0.25, 0.3) is 11.1 Å². The molecule has 4 nitrogen and oxygen atoms in total. The Morgan fingerprint density at radius 3 is 2.54 bits per heavy atom. The number of nitrogens with zero attached hydrogens (tertiary/aromatic N) is 1. The fourth-order valence-corrected chi connectivity index (χ4v) is 3.31. The molecule has 1 aliphatic heterocycles. The molecule has 2 amide bonds. The van der Waals surface area contributed by atoms with Crippen LogP contribution in [0.2, 0.25) is 0 Å². The predicted molar refractivity (Wildman–Crippen MR) is 97.2 cm³/mol. The standard InChI is InChI=1S/C19H17NO3S/c1-3-23-16-11-7-6-10-15(16)20-18(21)17(24-19(20)22)12-14-9-5-4-8-13(14)2/h4-12H,3H2,1-2H3/b17-12-. The monoisotopic (exact) mass is 339 g/mol. The van der Waals surface area contributed by atoms with Crippen molar-refractivity contribution in [3.8, 4) is 5.75 Å². The third-order valence-electron chi connectivity index (χ3n) is 3.67. The van der Waals surface area contributed by atoms with Gasteiger partial charge in [0.15, 0.2) is 0 Å². The first-order chi connectivity index (χ1) is 11.6. The molecule has 0 saturated carbocycles. The Labute approximate surface area is 145 Å². The minimum atomic E-state index is -0.319. The molecular weight excluding hydrogens is 322 g/mol. The Hall–Kier alpha value is -2.53. The van der Waals surface area contributed by atoms with Gasteiger partial charge < -0.3 is 4.74 Å². The summed E-state index contributed by atoms with van der Waals surface area (Å²) in [7, 11) is 0. The molecule has 0 aromatic heterocycles. The van der Waals surface area contributed by atoms with Crippen LogP contribution >= 0.6 is 11.8 Å². The van der Waals surface area contributed by atoms with Gasteiger partial charge in [-0.25, -0.2) is 4.90 Å². The maximum atomic E-state index is 12.7. The van der Waals surface area contributed by atoms with Crippen molar-refractivity contribution in [2.45, 2.75) is 13.8 Å². The number of amides is 2. The maximum Gasteiger partial charge on any atom is 0.298 e. The predicted octanol–water partition coefficient (Wildman–Crippen LogP) is 4.63. The summed E-state index contributed by atoms with van der Waals surface area (Å²) in [5, 5.41) is -0.313. The first kappa shape index (κ1) is 16.3. The molecule has 2 aromatic rings. The van der Waals surface area contributed by atoms with Gasteiger partial charge >= 0.3 is 0 Å². The van der Waals surface area contributed by atoms with E-state index in [9.17, 15) is 9.59 Å². The van der Waals surface area contributed by atoms with E-state index in [0.29, 0.717) is 22.9 Å². The largest absolute Gasteiger partial charge is 0.492 e. The lowest BCUT2D eigenvalue weighted by atomic mass is 10.1. The van der Waals surface area contributed by atoms with E-state index in [-0.39, 0.29) is 11.1 Å². The second-order valence-corrected chi connectivity index (χ2v) is 6.27. The third kappa shape index (κ3) is 3.08. The smallest absolute Gasteiger partial charge is 0.298 e. The number of hydrogen-bond acceptors (Lipinski definition) is 4. The van der Waals surface area contributed by atoms with Crippen molar-refractivity contribution in [1.82, 2.24) is 0 Å². The number of aryl methyl sites for hydroxylation is 1. The molecule has 0 spiro atoms. The Morgan fingerprint density at radius 2 is 1.79 bits per heavy atom. The van der Waals surface area contributed by atoms with Crippen LogP contribution in [0.3, 0.4) is 0 Å². The molecule has 1 fully saturated rings. The molecule has 0 bridgehead atoms. The first-order valence-electron chi connectivity index (χ1n) is 7.67. The maximum absolute atomic E-state index is 12.7. The van der Waals surface area contributed by atoms with E-state index in [1.54, 1.807) is 24.3 Å². The lowest BCUT2D eigenvalue weighted by molar-refractivity contribution is -0.113. The summed E-state index contributed by atoms with van der Waals surface area (Å²) in [6.07, 6.45) is 1.77. The summed E-state index contributed by atoms with van der Waals surface area (Å²) in [6, 6.07) is 14.8. The number of anilines is 1. The number of imide groups is 1. The molecule has 5 heteroatoms. The highest BCUT2D eigenvalue weighted by molar-refractivity contribution is 8.19. The number of hydrogen-bond donors (Lipinski definition) is 0. The molecule has 2 aromatic carbocycles. The fourth-order valence-electron chi connectivity index (χ4n) is 2.48. The summed E-state index contributed by atoms with van der Waals surface area (Å²) in [5.41, 5.74) is 2.47. The van der Waals surface area contributed by atoms with E-state index >= 15 is 0 Å². The molecule has 0 aliphatic carbocycles. The zero-order valence-corrected chi connectivity index (χ0v) is 14.3. The zero-order chi connectivity index (χ0) is 17.1. The highest BCUT2D eigenvalue weighted by Gasteiger charge is 2.37. The average Bonchev–Trinajstić information content (AvgIpc) is 2.85. The topological polar surface area (TPSA) is 46.6 Å². The molecular formula is C19H17NO3S. The minimum Gasteiger partial charge on any atom is -0.492 e. The van der Waals surface area contributed by atoms with Gasteiger partial charge in [0.2, 0.25) is 0 Å². The van der Waals surface area contributed by atoms with Gasteiger partial charge in [-0.05, 0) is 54.9 Å². The van der Waals surface area contributed by atoms with Crippen molar-refractivity contribution in [1.29, 1.82) is 0 Å². The third-order valence-corrected chi connectivity index (χ3v) is 4.54. The van der Waals surface area contributed by atoms with Crippen molar-refractivity contribution in [2.75, 3.05) is 11.5 Å². The fraction of sp³-hybridized carbons (Fsp3) is 0.158. The molecule has 1 heterocycles. The van der Waals surface area contributed by atoms with Crippen LogP contribution in [0.15, 0.2) is 53.4 Å². The molecule has 1 aliphatic rings. The average molecular weight is 339 g/mol. The molecule has 1 saturated heterocycles. The lowest BCUT2D eigenvalue weighted by Gasteiger charge is -2.16. The Kier molecular flexibility index (Phi) is 4.71. The number of carbonyl (C=O) groups is 2. The Morgan fingerprint density at radius 1 is 1.08 bits per heavy atom. The highest BCUT2D eigenvalue weighted by Crippen LogP contribution is 2.39. The molecule has 122 valence electrons. The van der Waals surface area contributed by atoms with Crippen molar-refractivity contribution < 1.29 is 14.3 Å². The molecule has 3 rings (SSSR count). The van der Waals surface area contributed by atoms with E-state index in [1.165, 1.54) is 4.90 Å². The van der Waals surface area contributed by atoms with Crippen LogP contribution in [-0.2, 0) is 4.79 Å². The lowest BCUT2D eigenvalue weighted by Crippen LogP contribution is -2.28. The number of benzene rings is 2. The highest BCUT2D eigenvalue weighted by atomic mass is 32.2. The molecule has 0 atom stereocenters. The first-order valence-corrected chi connectivity index (χ1v) is 8.49. The van der Waals surface area contributed by atoms with Crippen LogP contribution in [0.4, 0.5) is 10.5 Å². The molecule has 0 unspecified atom stereocenters. The number of ether oxygens (including phenoxy) is 1. The van der Waals surface area contributed by atoms with E-state index in [1.807, 2.05) is 44.2 Å².